The highest BCUT2D eigenvalue weighted by Gasteiger charge is 2.37. The van der Waals surface area contributed by atoms with Gasteiger partial charge in [0.1, 0.15) is 6.54 Å². The molecule has 3 heterocycles. The topological polar surface area (TPSA) is 62.6 Å². The number of benzene rings is 2. The first-order chi connectivity index (χ1) is 17.2. The molecule has 0 N–H and O–H groups in total. The lowest BCUT2D eigenvalue weighted by Gasteiger charge is -2.29. The number of hydrogen-bond acceptors (Lipinski definition) is 4. The molecular formula is C29H29N3O3S. The van der Waals surface area contributed by atoms with Crippen molar-refractivity contribution in [1.29, 1.82) is 0 Å². The fourth-order valence-corrected chi connectivity index (χ4v) is 5.83. The highest BCUT2D eigenvalue weighted by molar-refractivity contribution is 8.18. The van der Waals surface area contributed by atoms with Crippen molar-refractivity contribution in [3.05, 3.63) is 92.6 Å². The number of nitrogens with zero attached hydrogens (tertiary/aromatic N) is 3. The Balaban J connectivity index is 1.35. The average molecular weight is 500 g/mol. The van der Waals surface area contributed by atoms with E-state index in [0.717, 1.165) is 51.3 Å². The highest BCUT2D eigenvalue weighted by Crippen LogP contribution is 2.34. The van der Waals surface area contributed by atoms with Crippen molar-refractivity contribution in [3.63, 3.8) is 0 Å². The van der Waals surface area contributed by atoms with Crippen LogP contribution in [-0.4, -0.2) is 44.5 Å². The molecule has 1 fully saturated rings. The maximum absolute atomic E-state index is 13.1. The van der Waals surface area contributed by atoms with Crippen LogP contribution < -0.4 is 0 Å². The Morgan fingerprint density at radius 1 is 1.00 bits per heavy atom. The summed E-state index contributed by atoms with van der Waals surface area (Å²) < 4.78 is 2.18. The van der Waals surface area contributed by atoms with Crippen LogP contribution in [0.1, 0.15) is 39.2 Å². The lowest BCUT2D eigenvalue weighted by Crippen LogP contribution is -2.44. The van der Waals surface area contributed by atoms with Gasteiger partial charge in [0, 0.05) is 30.2 Å². The van der Waals surface area contributed by atoms with Crippen LogP contribution in [0.25, 0.3) is 11.8 Å². The van der Waals surface area contributed by atoms with Gasteiger partial charge in [0.2, 0.25) is 5.91 Å². The molecule has 2 aromatic carbocycles. The summed E-state index contributed by atoms with van der Waals surface area (Å²) in [5.74, 6) is -0.617. The van der Waals surface area contributed by atoms with E-state index in [2.05, 4.69) is 36.6 Å². The first kappa shape index (κ1) is 24.1. The Bertz CT molecular complexity index is 1440. The van der Waals surface area contributed by atoms with Gasteiger partial charge in [-0.05, 0) is 91.9 Å². The Morgan fingerprint density at radius 3 is 2.53 bits per heavy atom. The summed E-state index contributed by atoms with van der Waals surface area (Å²) in [6, 6.07) is 16.3. The molecule has 0 saturated carbocycles. The van der Waals surface area contributed by atoms with E-state index in [1.165, 1.54) is 16.7 Å². The first-order valence-electron chi connectivity index (χ1n) is 12.1. The molecule has 0 unspecified atom stereocenters. The largest absolute Gasteiger partial charge is 0.336 e. The summed E-state index contributed by atoms with van der Waals surface area (Å²) in [5, 5.41) is -0.402. The van der Waals surface area contributed by atoms with E-state index in [-0.39, 0.29) is 12.5 Å². The van der Waals surface area contributed by atoms with E-state index in [4.69, 9.17) is 0 Å². The van der Waals surface area contributed by atoms with E-state index in [1.807, 2.05) is 44.2 Å². The van der Waals surface area contributed by atoms with Crippen molar-refractivity contribution in [3.8, 4) is 5.69 Å². The number of rotatable bonds is 4. The number of carbonyl (C=O) groups is 3. The summed E-state index contributed by atoms with van der Waals surface area (Å²) in [6.07, 6.45) is 2.55. The summed E-state index contributed by atoms with van der Waals surface area (Å²) in [5.41, 5.74) is 8.81. The minimum Gasteiger partial charge on any atom is -0.336 e. The molecule has 2 aliphatic heterocycles. The van der Waals surface area contributed by atoms with Crippen molar-refractivity contribution < 1.29 is 14.4 Å². The van der Waals surface area contributed by atoms with Crippen LogP contribution >= 0.6 is 11.8 Å². The number of aromatic nitrogens is 1. The van der Waals surface area contributed by atoms with Gasteiger partial charge >= 0.3 is 0 Å². The molecule has 3 amide bonds. The van der Waals surface area contributed by atoms with Crippen molar-refractivity contribution in [1.82, 2.24) is 14.4 Å². The zero-order valence-electron chi connectivity index (χ0n) is 21.0. The van der Waals surface area contributed by atoms with Crippen LogP contribution in [0.5, 0.6) is 0 Å². The van der Waals surface area contributed by atoms with E-state index in [9.17, 15) is 14.4 Å². The molecule has 7 heteroatoms. The van der Waals surface area contributed by atoms with Gasteiger partial charge in [-0.3, -0.25) is 19.3 Å². The molecule has 0 bridgehead atoms. The smallest absolute Gasteiger partial charge is 0.294 e. The number of hydrogen-bond donors (Lipinski definition) is 0. The average Bonchev–Trinajstić information content (AvgIpc) is 3.29. The maximum Gasteiger partial charge on any atom is 0.294 e. The van der Waals surface area contributed by atoms with E-state index in [1.54, 1.807) is 11.0 Å². The second-order valence-corrected chi connectivity index (χ2v) is 10.5. The number of imide groups is 1. The molecule has 0 radical (unpaired) electrons. The molecule has 0 aliphatic carbocycles. The number of carbonyl (C=O) groups excluding carboxylic acids is 3. The second kappa shape index (κ2) is 9.47. The quantitative estimate of drug-likeness (QED) is 0.455. The highest BCUT2D eigenvalue weighted by atomic mass is 32.2. The lowest BCUT2D eigenvalue weighted by molar-refractivity contribution is -0.136. The SMILES string of the molecule is Cc1cccc(-n2c(C)cc(C=C3SC(=O)N(CC(=O)N4CCc5ccccc5C4)C3=O)c2C)c1C. The van der Waals surface area contributed by atoms with E-state index < -0.39 is 11.1 Å². The molecule has 6 nitrogen and oxygen atoms in total. The second-order valence-electron chi connectivity index (χ2n) is 9.48. The molecule has 36 heavy (non-hydrogen) atoms. The van der Waals surface area contributed by atoms with Gasteiger partial charge in [-0.2, -0.15) is 0 Å². The standard InChI is InChI=1S/C29H29N3O3S/c1-18-8-7-11-25(20(18)3)32-19(2)14-24(21(32)4)15-26-28(34)31(29(35)36-26)17-27(33)30-13-12-22-9-5-6-10-23(22)16-30/h5-11,14-15H,12-13,16-17H2,1-4H3. The molecule has 2 aliphatic rings. The summed E-state index contributed by atoms with van der Waals surface area (Å²) in [7, 11) is 0. The minimum atomic E-state index is -0.410. The Hall–Kier alpha value is -3.58. The van der Waals surface area contributed by atoms with Crippen molar-refractivity contribution in [2.45, 2.75) is 40.7 Å². The predicted octanol–water partition coefficient (Wildman–Crippen LogP) is 5.33. The molecule has 184 valence electrons. The van der Waals surface area contributed by atoms with Crippen LogP contribution in [0.3, 0.4) is 0 Å². The molecular weight excluding hydrogens is 470 g/mol. The Kier molecular flexibility index (Phi) is 6.35. The van der Waals surface area contributed by atoms with Crippen LogP contribution in [0.2, 0.25) is 0 Å². The van der Waals surface area contributed by atoms with Gasteiger partial charge in [-0.25, -0.2) is 0 Å². The van der Waals surface area contributed by atoms with Gasteiger partial charge in [0.05, 0.1) is 4.91 Å². The monoisotopic (exact) mass is 499 g/mol. The Labute approximate surface area is 215 Å². The maximum atomic E-state index is 13.1. The minimum absolute atomic E-state index is 0.207. The Morgan fingerprint density at radius 2 is 1.75 bits per heavy atom. The third-order valence-electron chi connectivity index (χ3n) is 7.22. The van der Waals surface area contributed by atoms with E-state index in [0.29, 0.717) is 18.0 Å². The zero-order valence-corrected chi connectivity index (χ0v) is 21.8. The molecule has 0 atom stereocenters. The van der Waals surface area contributed by atoms with Gasteiger partial charge in [-0.1, -0.05) is 36.4 Å². The molecule has 1 saturated heterocycles. The molecule has 3 aromatic rings. The van der Waals surface area contributed by atoms with Gasteiger partial charge in [0.15, 0.2) is 0 Å². The van der Waals surface area contributed by atoms with Crippen molar-refractivity contribution in [2.24, 2.45) is 0 Å². The summed E-state index contributed by atoms with van der Waals surface area (Å²) in [4.78, 5) is 42.0. The van der Waals surface area contributed by atoms with Gasteiger partial charge in [-0.15, -0.1) is 0 Å². The third kappa shape index (κ3) is 4.28. The van der Waals surface area contributed by atoms with Crippen molar-refractivity contribution >= 4 is 34.9 Å². The van der Waals surface area contributed by atoms with Crippen LogP contribution in [-0.2, 0) is 22.6 Å². The van der Waals surface area contributed by atoms with E-state index >= 15 is 0 Å². The number of amides is 3. The molecule has 5 rings (SSSR count). The number of aryl methyl sites for hydroxylation is 2. The third-order valence-corrected chi connectivity index (χ3v) is 8.13. The summed E-state index contributed by atoms with van der Waals surface area (Å²) in [6.45, 7) is 9.11. The fourth-order valence-electron chi connectivity index (χ4n) is 5.00. The van der Waals surface area contributed by atoms with Crippen molar-refractivity contribution in [2.75, 3.05) is 13.1 Å². The van der Waals surface area contributed by atoms with Crippen LogP contribution in [0, 0.1) is 27.7 Å². The van der Waals surface area contributed by atoms with Crippen LogP contribution in [0.4, 0.5) is 4.79 Å². The molecule has 1 aromatic heterocycles. The predicted molar refractivity (Wildman–Crippen MR) is 143 cm³/mol. The van der Waals surface area contributed by atoms with Crippen LogP contribution in [0.15, 0.2) is 53.4 Å². The van der Waals surface area contributed by atoms with Gasteiger partial charge < -0.3 is 9.47 Å². The number of fused-ring (bicyclic) bond motifs is 1. The number of thioether (sulfide) groups is 1. The molecule has 0 spiro atoms. The summed E-state index contributed by atoms with van der Waals surface area (Å²) >= 11 is 0.898. The lowest BCUT2D eigenvalue weighted by atomic mass is 10.00. The normalized spacial score (nSPS) is 16.7. The first-order valence-corrected chi connectivity index (χ1v) is 12.9. The van der Waals surface area contributed by atoms with Gasteiger partial charge in [0.25, 0.3) is 11.1 Å². The fraction of sp³-hybridized carbons (Fsp3) is 0.276. The zero-order chi connectivity index (χ0) is 25.6.